The fourth-order valence-corrected chi connectivity index (χ4v) is 3.78. The van der Waals surface area contributed by atoms with E-state index in [2.05, 4.69) is 10.0 Å². The summed E-state index contributed by atoms with van der Waals surface area (Å²) in [4.78, 5) is 0.343. The molecule has 1 aromatic carbocycles. The number of ether oxygens (including phenoxy) is 1. The number of benzene rings is 1. The van der Waals surface area contributed by atoms with Gasteiger partial charge in [0.1, 0.15) is 0 Å². The van der Waals surface area contributed by atoms with Crippen molar-refractivity contribution in [2.45, 2.75) is 37.7 Å². The molecule has 2 N–H and O–H groups in total. The third-order valence-corrected chi connectivity index (χ3v) is 5.28. The van der Waals surface area contributed by atoms with Crippen molar-refractivity contribution in [3.63, 3.8) is 0 Å². The van der Waals surface area contributed by atoms with E-state index in [9.17, 15) is 8.42 Å². The van der Waals surface area contributed by atoms with Crippen LogP contribution < -0.4 is 10.0 Å². The zero-order valence-electron chi connectivity index (χ0n) is 12.7. The van der Waals surface area contributed by atoms with Crippen molar-refractivity contribution in [2.75, 3.05) is 26.2 Å². The fourth-order valence-electron chi connectivity index (χ4n) is 2.54. The molecule has 1 saturated heterocycles. The Bertz CT molecular complexity index is 566. The summed E-state index contributed by atoms with van der Waals surface area (Å²) in [6.07, 6.45) is 2.23. The second kappa shape index (κ2) is 7.35. The zero-order valence-corrected chi connectivity index (χ0v) is 13.5. The number of aryl methyl sites for hydroxylation is 2. The van der Waals surface area contributed by atoms with Crippen LogP contribution in [-0.2, 0) is 14.8 Å². The first-order valence-corrected chi connectivity index (χ1v) is 8.86. The van der Waals surface area contributed by atoms with Gasteiger partial charge in [-0.05, 0) is 51.4 Å². The highest BCUT2D eigenvalue weighted by atomic mass is 32.2. The first kappa shape index (κ1) is 16.4. The summed E-state index contributed by atoms with van der Waals surface area (Å²) < 4.78 is 32.8. The van der Waals surface area contributed by atoms with E-state index in [0.717, 1.165) is 37.1 Å². The van der Waals surface area contributed by atoms with Crippen molar-refractivity contribution in [3.05, 3.63) is 29.3 Å². The van der Waals surface area contributed by atoms with Crippen LogP contribution in [0, 0.1) is 13.8 Å². The zero-order chi connectivity index (χ0) is 15.3. The highest BCUT2D eigenvalue weighted by Crippen LogP contribution is 2.16. The van der Waals surface area contributed by atoms with Gasteiger partial charge in [0.05, 0.1) is 17.6 Å². The maximum absolute atomic E-state index is 12.2. The standard InChI is InChI=1S/C15H24N2O3S/c1-12-3-4-15(13(2)11-12)21(18,19)17-9-10-20-14-5-7-16-8-6-14/h3-4,11,14,16-17H,5-10H2,1-2H3. The lowest BCUT2D eigenvalue weighted by atomic mass is 10.1. The predicted molar refractivity (Wildman–Crippen MR) is 82.9 cm³/mol. The SMILES string of the molecule is Cc1ccc(S(=O)(=O)NCCOC2CCNCC2)c(C)c1. The molecule has 6 heteroatoms. The van der Waals surface area contributed by atoms with Gasteiger partial charge in [-0.15, -0.1) is 0 Å². The molecule has 1 heterocycles. The third-order valence-electron chi connectivity index (χ3n) is 3.65. The molecule has 21 heavy (non-hydrogen) atoms. The monoisotopic (exact) mass is 312 g/mol. The molecule has 0 aliphatic carbocycles. The lowest BCUT2D eigenvalue weighted by molar-refractivity contribution is 0.0367. The van der Waals surface area contributed by atoms with Gasteiger partial charge in [-0.25, -0.2) is 13.1 Å². The highest BCUT2D eigenvalue weighted by molar-refractivity contribution is 7.89. The average Bonchev–Trinajstić information content (AvgIpc) is 2.44. The van der Waals surface area contributed by atoms with E-state index in [1.807, 2.05) is 26.0 Å². The molecule has 1 aliphatic rings. The van der Waals surface area contributed by atoms with Crippen molar-refractivity contribution >= 4 is 10.0 Å². The van der Waals surface area contributed by atoms with Gasteiger partial charge in [0, 0.05) is 6.54 Å². The number of piperidine rings is 1. The molecule has 0 atom stereocenters. The molecule has 0 saturated carbocycles. The second-order valence-electron chi connectivity index (χ2n) is 5.49. The summed E-state index contributed by atoms with van der Waals surface area (Å²) in [5, 5.41) is 3.27. The van der Waals surface area contributed by atoms with Crippen molar-refractivity contribution < 1.29 is 13.2 Å². The van der Waals surface area contributed by atoms with Crippen molar-refractivity contribution in [3.8, 4) is 0 Å². The van der Waals surface area contributed by atoms with Crippen molar-refractivity contribution in [2.24, 2.45) is 0 Å². The Kier molecular flexibility index (Phi) is 5.75. The summed E-state index contributed by atoms with van der Waals surface area (Å²) >= 11 is 0. The molecule has 0 amide bonds. The molecule has 0 radical (unpaired) electrons. The molecule has 2 rings (SSSR count). The Morgan fingerprint density at radius 3 is 2.67 bits per heavy atom. The van der Waals surface area contributed by atoms with Gasteiger partial charge in [-0.2, -0.15) is 0 Å². The molecule has 0 aromatic heterocycles. The minimum absolute atomic E-state index is 0.247. The van der Waals surface area contributed by atoms with Crippen LogP contribution in [0.2, 0.25) is 0 Å². The van der Waals surface area contributed by atoms with Crippen molar-refractivity contribution in [1.29, 1.82) is 0 Å². The summed E-state index contributed by atoms with van der Waals surface area (Å²) in [6.45, 7) is 6.42. The number of rotatable bonds is 6. The van der Waals surface area contributed by atoms with Crippen LogP contribution in [0.5, 0.6) is 0 Å². The van der Waals surface area contributed by atoms with Gasteiger partial charge < -0.3 is 10.1 Å². The first-order valence-electron chi connectivity index (χ1n) is 7.38. The number of hydrogen-bond donors (Lipinski definition) is 2. The summed E-state index contributed by atoms with van der Waals surface area (Å²) in [7, 11) is -3.45. The summed E-state index contributed by atoms with van der Waals surface area (Å²) in [6, 6.07) is 5.34. The third kappa shape index (κ3) is 4.78. The Morgan fingerprint density at radius 1 is 1.29 bits per heavy atom. The Hall–Kier alpha value is -0.950. The minimum Gasteiger partial charge on any atom is -0.377 e. The van der Waals surface area contributed by atoms with E-state index >= 15 is 0 Å². The van der Waals surface area contributed by atoms with E-state index in [0.29, 0.717) is 18.0 Å². The molecule has 1 aliphatic heterocycles. The Balaban J connectivity index is 1.83. The lowest BCUT2D eigenvalue weighted by Crippen LogP contribution is -2.34. The minimum atomic E-state index is -3.45. The summed E-state index contributed by atoms with van der Waals surface area (Å²) in [5.74, 6) is 0. The maximum Gasteiger partial charge on any atom is 0.240 e. The molecule has 1 fully saturated rings. The van der Waals surface area contributed by atoms with Crippen LogP contribution in [0.25, 0.3) is 0 Å². The van der Waals surface area contributed by atoms with Crippen LogP contribution in [-0.4, -0.2) is 40.8 Å². The number of hydrogen-bond acceptors (Lipinski definition) is 4. The van der Waals surface area contributed by atoms with Crippen molar-refractivity contribution in [1.82, 2.24) is 10.0 Å². The van der Waals surface area contributed by atoms with Gasteiger partial charge >= 0.3 is 0 Å². The Morgan fingerprint density at radius 2 is 2.00 bits per heavy atom. The molecule has 5 nitrogen and oxygen atoms in total. The van der Waals surface area contributed by atoms with Crippen LogP contribution in [0.3, 0.4) is 0 Å². The topological polar surface area (TPSA) is 67.4 Å². The van der Waals surface area contributed by atoms with Crippen LogP contribution in [0.4, 0.5) is 0 Å². The highest BCUT2D eigenvalue weighted by Gasteiger charge is 2.17. The van der Waals surface area contributed by atoms with Crippen LogP contribution in [0.1, 0.15) is 24.0 Å². The van der Waals surface area contributed by atoms with Gasteiger partial charge in [-0.3, -0.25) is 0 Å². The lowest BCUT2D eigenvalue weighted by Gasteiger charge is -2.23. The van der Waals surface area contributed by atoms with Gasteiger partial charge in [0.2, 0.25) is 10.0 Å². The molecule has 118 valence electrons. The Labute approximate surface area is 127 Å². The quantitative estimate of drug-likeness (QED) is 0.778. The van der Waals surface area contributed by atoms with Crippen LogP contribution in [0.15, 0.2) is 23.1 Å². The van der Waals surface area contributed by atoms with Crippen LogP contribution >= 0.6 is 0 Å². The number of sulfonamides is 1. The molecule has 0 bridgehead atoms. The van der Waals surface area contributed by atoms with E-state index < -0.39 is 10.0 Å². The average molecular weight is 312 g/mol. The maximum atomic E-state index is 12.2. The largest absolute Gasteiger partial charge is 0.377 e. The molecule has 1 aromatic rings. The van der Waals surface area contributed by atoms with E-state index in [4.69, 9.17) is 4.74 Å². The number of nitrogens with one attached hydrogen (secondary N) is 2. The molecular weight excluding hydrogens is 288 g/mol. The molecule has 0 spiro atoms. The normalized spacial score (nSPS) is 17.0. The van der Waals surface area contributed by atoms with E-state index in [-0.39, 0.29) is 6.10 Å². The fraction of sp³-hybridized carbons (Fsp3) is 0.600. The molecular formula is C15H24N2O3S. The van der Waals surface area contributed by atoms with E-state index in [1.165, 1.54) is 0 Å². The summed E-state index contributed by atoms with van der Waals surface area (Å²) in [5.41, 5.74) is 1.82. The predicted octanol–water partition coefficient (Wildman–Crippen LogP) is 1.35. The van der Waals surface area contributed by atoms with Gasteiger partial charge in [0.15, 0.2) is 0 Å². The molecule has 0 unspecified atom stereocenters. The smallest absolute Gasteiger partial charge is 0.240 e. The van der Waals surface area contributed by atoms with Gasteiger partial charge in [-0.1, -0.05) is 17.7 Å². The van der Waals surface area contributed by atoms with Gasteiger partial charge in [0.25, 0.3) is 0 Å². The second-order valence-corrected chi connectivity index (χ2v) is 7.22. The first-order chi connectivity index (χ1) is 9.99. The van der Waals surface area contributed by atoms with E-state index in [1.54, 1.807) is 6.07 Å².